The fourth-order valence-electron chi connectivity index (χ4n) is 2.71. The summed E-state index contributed by atoms with van der Waals surface area (Å²) in [6.07, 6.45) is 2.14. The lowest BCUT2D eigenvalue weighted by molar-refractivity contribution is 0.150. The van der Waals surface area contributed by atoms with E-state index in [1.165, 1.54) is 4.57 Å². The molecule has 0 amide bonds. The first-order chi connectivity index (χ1) is 9.86. The Labute approximate surface area is 124 Å². The molecular weight excluding hydrogens is 270 g/mol. The molecule has 0 bridgehead atoms. The van der Waals surface area contributed by atoms with Crippen molar-refractivity contribution < 1.29 is 0 Å². The molecule has 0 spiro atoms. The summed E-state index contributed by atoms with van der Waals surface area (Å²) in [6, 6.07) is 0. The lowest BCUT2D eigenvalue weighted by Gasteiger charge is -2.38. The number of aromatic nitrogens is 2. The van der Waals surface area contributed by atoms with Crippen molar-refractivity contribution >= 4 is 11.5 Å². The van der Waals surface area contributed by atoms with Gasteiger partial charge in [-0.25, -0.2) is 4.79 Å². The van der Waals surface area contributed by atoms with Crippen LogP contribution in [0.3, 0.4) is 0 Å². The van der Waals surface area contributed by atoms with E-state index in [0.717, 1.165) is 25.9 Å². The smallest absolute Gasteiger partial charge is 0.330 e. The highest BCUT2D eigenvalue weighted by Gasteiger charge is 2.29. The van der Waals surface area contributed by atoms with Crippen molar-refractivity contribution in [1.82, 2.24) is 14.5 Å². The van der Waals surface area contributed by atoms with E-state index in [9.17, 15) is 9.59 Å². The van der Waals surface area contributed by atoms with Crippen LogP contribution in [0.25, 0.3) is 0 Å². The maximum atomic E-state index is 11.9. The van der Waals surface area contributed by atoms with Gasteiger partial charge in [0.1, 0.15) is 11.5 Å². The van der Waals surface area contributed by atoms with Crippen molar-refractivity contribution in [3.8, 4) is 0 Å². The molecule has 0 radical (unpaired) electrons. The Morgan fingerprint density at radius 2 is 1.95 bits per heavy atom. The fourth-order valence-corrected chi connectivity index (χ4v) is 2.71. The number of hydrogen-bond donors (Lipinski definition) is 3. The average molecular weight is 295 g/mol. The lowest BCUT2D eigenvalue weighted by atomic mass is 9.80. The molecule has 1 fully saturated rings. The Hall–Kier alpha value is -1.76. The first kappa shape index (κ1) is 15.6. The molecule has 0 aromatic carbocycles. The largest absolute Gasteiger partial charge is 0.383 e. The predicted molar refractivity (Wildman–Crippen MR) is 84.7 cm³/mol. The van der Waals surface area contributed by atoms with Crippen LogP contribution in [-0.4, -0.2) is 41.1 Å². The Morgan fingerprint density at radius 3 is 2.52 bits per heavy atom. The quantitative estimate of drug-likeness (QED) is 0.741. The summed E-state index contributed by atoms with van der Waals surface area (Å²) < 4.78 is 1.36. The van der Waals surface area contributed by atoms with E-state index < -0.39 is 11.2 Å². The number of nitrogen functional groups attached to an aromatic ring is 1. The summed E-state index contributed by atoms with van der Waals surface area (Å²) in [6.45, 7) is 7.25. The number of rotatable bonds is 4. The second-order valence-electron chi connectivity index (χ2n) is 6.23. The van der Waals surface area contributed by atoms with Crippen molar-refractivity contribution in [1.29, 1.82) is 0 Å². The zero-order chi connectivity index (χ0) is 15.6. The third kappa shape index (κ3) is 3.29. The van der Waals surface area contributed by atoms with Crippen molar-refractivity contribution in [2.24, 2.45) is 5.41 Å². The van der Waals surface area contributed by atoms with Crippen molar-refractivity contribution in [3.63, 3.8) is 0 Å². The molecule has 1 aromatic heterocycles. The van der Waals surface area contributed by atoms with Crippen LogP contribution in [0.2, 0.25) is 0 Å². The number of piperidine rings is 1. The molecule has 4 N–H and O–H groups in total. The van der Waals surface area contributed by atoms with Crippen LogP contribution >= 0.6 is 0 Å². The van der Waals surface area contributed by atoms with E-state index in [0.29, 0.717) is 18.8 Å². The second-order valence-corrected chi connectivity index (χ2v) is 6.23. The molecule has 2 rings (SSSR count). The van der Waals surface area contributed by atoms with Gasteiger partial charge in [-0.2, -0.15) is 0 Å². The highest BCUT2D eigenvalue weighted by Crippen LogP contribution is 2.30. The van der Waals surface area contributed by atoms with Crippen LogP contribution in [0.4, 0.5) is 11.5 Å². The first-order valence-corrected chi connectivity index (χ1v) is 7.41. The summed E-state index contributed by atoms with van der Waals surface area (Å²) in [5.41, 5.74) is 5.48. The predicted octanol–water partition coefficient (Wildman–Crippen LogP) is 0.283. The highest BCUT2D eigenvalue weighted by atomic mass is 16.2. The van der Waals surface area contributed by atoms with E-state index in [2.05, 4.69) is 29.2 Å². The molecule has 7 nitrogen and oxygen atoms in total. The van der Waals surface area contributed by atoms with Crippen LogP contribution in [0, 0.1) is 5.41 Å². The SMILES string of the molecule is CCn1c(N)c(NCC2(C)CCN(C)CC2)c(=O)[nH]c1=O. The van der Waals surface area contributed by atoms with Crippen LogP contribution in [0.1, 0.15) is 26.7 Å². The average Bonchev–Trinajstić information content (AvgIpc) is 2.42. The standard InChI is InChI=1S/C14H25N5O2/c1-4-19-11(15)10(12(20)17-13(19)21)16-9-14(2)5-7-18(3)8-6-14/h16H,4-9,15H2,1-3H3,(H,17,20,21). The number of H-pyrrole nitrogens is 1. The van der Waals surface area contributed by atoms with Gasteiger partial charge in [-0.1, -0.05) is 6.92 Å². The highest BCUT2D eigenvalue weighted by molar-refractivity contribution is 5.60. The summed E-state index contributed by atoms with van der Waals surface area (Å²) in [4.78, 5) is 28.2. The molecule has 118 valence electrons. The van der Waals surface area contributed by atoms with Crippen LogP contribution in [-0.2, 0) is 6.54 Å². The molecule has 0 unspecified atom stereocenters. The van der Waals surface area contributed by atoms with E-state index in [1.54, 1.807) is 0 Å². The topological polar surface area (TPSA) is 96.2 Å². The summed E-state index contributed by atoms with van der Waals surface area (Å²) >= 11 is 0. The molecule has 0 atom stereocenters. The van der Waals surface area contributed by atoms with Gasteiger partial charge in [0.15, 0.2) is 0 Å². The maximum Gasteiger partial charge on any atom is 0.330 e. The monoisotopic (exact) mass is 295 g/mol. The van der Waals surface area contributed by atoms with Gasteiger partial charge in [0.25, 0.3) is 5.56 Å². The Kier molecular flexibility index (Phi) is 4.41. The first-order valence-electron chi connectivity index (χ1n) is 7.41. The molecule has 1 saturated heterocycles. The minimum atomic E-state index is -0.462. The maximum absolute atomic E-state index is 11.9. The molecular formula is C14H25N5O2. The second kappa shape index (κ2) is 5.93. The Bertz CT molecular complexity index is 611. The number of nitrogens with zero attached hydrogens (tertiary/aromatic N) is 2. The van der Waals surface area contributed by atoms with Crippen molar-refractivity contribution in [2.45, 2.75) is 33.2 Å². The van der Waals surface area contributed by atoms with Gasteiger partial charge in [-0.05, 0) is 45.3 Å². The van der Waals surface area contributed by atoms with Gasteiger partial charge < -0.3 is 16.0 Å². The number of likely N-dealkylation sites (tertiary alicyclic amines) is 1. The molecule has 21 heavy (non-hydrogen) atoms. The van der Waals surface area contributed by atoms with E-state index in [1.807, 2.05) is 6.92 Å². The Balaban J connectivity index is 2.17. The van der Waals surface area contributed by atoms with Crippen LogP contribution < -0.4 is 22.3 Å². The van der Waals surface area contributed by atoms with Gasteiger partial charge in [0, 0.05) is 13.1 Å². The number of anilines is 2. The van der Waals surface area contributed by atoms with Gasteiger partial charge in [0.2, 0.25) is 0 Å². The number of aromatic amines is 1. The van der Waals surface area contributed by atoms with Gasteiger partial charge in [-0.3, -0.25) is 14.3 Å². The van der Waals surface area contributed by atoms with Crippen LogP contribution in [0.5, 0.6) is 0 Å². The zero-order valence-corrected chi connectivity index (χ0v) is 13.0. The van der Waals surface area contributed by atoms with E-state index in [-0.39, 0.29) is 11.2 Å². The van der Waals surface area contributed by atoms with E-state index in [4.69, 9.17) is 5.73 Å². The normalized spacial score (nSPS) is 18.6. The van der Waals surface area contributed by atoms with Crippen molar-refractivity contribution in [3.05, 3.63) is 20.8 Å². The molecule has 1 aliphatic heterocycles. The zero-order valence-electron chi connectivity index (χ0n) is 13.0. The minimum Gasteiger partial charge on any atom is -0.383 e. The summed E-state index contributed by atoms with van der Waals surface area (Å²) in [5.74, 6) is 0.211. The van der Waals surface area contributed by atoms with E-state index >= 15 is 0 Å². The Morgan fingerprint density at radius 1 is 1.33 bits per heavy atom. The minimum absolute atomic E-state index is 0.137. The van der Waals surface area contributed by atoms with Crippen molar-refractivity contribution in [2.75, 3.05) is 37.7 Å². The molecule has 1 aromatic rings. The number of nitrogens with one attached hydrogen (secondary N) is 2. The number of hydrogen-bond acceptors (Lipinski definition) is 5. The molecule has 1 aliphatic rings. The molecule has 0 saturated carbocycles. The van der Waals surface area contributed by atoms with Gasteiger partial charge in [-0.15, -0.1) is 0 Å². The van der Waals surface area contributed by atoms with Gasteiger partial charge in [0.05, 0.1) is 0 Å². The van der Waals surface area contributed by atoms with Gasteiger partial charge >= 0.3 is 5.69 Å². The fraction of sp³-hybridized carbons (Fsp3) is 0.714. The number of nitrogens with two attached hydrogens (primary N) is 1. The lowest BCUT2D eigenvalue weighted by Crippen LogP contribution is -2.41. The molecule has 7 heteroatoms. The summed E-state index contributed by atoms with van der Waals surface area (Å²) in [7, 11) is 2.12. The molecule has 0 aliphatic carbocycles. The third-order valence-electron chi connectivity index (χ3n) is 4.44. The van der Waals surface area contributed by atoms with Crippen LogP contribution in [0.15, 0.2) is 9.59 Å². The summed E-state index contributed by atoms with van der Waals surface area (Å²) in [5, 5.41) is 3.16. The third-order valence-corrected chi connectivity index (χ3v) is 4.44. The molecule has 2 heterocycles.